The molecule has 0 aromatic carbocycles. The normalized spacial score (nSPS) is 19.7. The van der Waals surface area contributed by atoms with Gasteiger partial charge < -0.3 is 26.4 Å². The molecule has 4 atom stereocenters. The van der Waals surface area contributed by atoms with Crippen LogP contribution in [0.25, 0.3) is 0 Å². The fourth-order valence-corrected chi connectivity index (χ4v) is 3.06. The third-order valence-electron chi connectivity index (χ3n) is 4.85. The summed E-state index contributed by atoms with van der Waals surface area (Å²) in [5.41, 5.74) is 5.87. The first-order chi connectivity index (χ1) is 13.1. The van der Waals surface area contributed by atoms with Gasteiger partial charge in [0, 0.05) is 12.5 Å². The van der Waals surface area contributed by atoms with E-state index < -0.39 is 35.9 Å². The molecule has 0 radical (unpaired) electrons. The second kappa shape index (κ2) is 11.0. The highest BCUT2D eigenvalue weighted by molar-refractivity contribution is 5.92. The van der Waals surface area contributed by atoms with Crippen LogP contribution in [-0.2, 0) is 23.9 Å². The number of nitrogens with two attached hydrogens (primary N) is 1. The van der Waals surface area contributed by atoms with Crippen LogP contribution in [0.3, 0.4) is 0 Å². The van der Waals surface area contributed by atoms with Gasteiger partial charge in [-0.25, -0.2) is 4.79 Å². The van der Waals surface area contributed by atoms with Crippen molar-refractivity contribution in [2.24, 2.45) is 23.5 Å². The molecule has 28 heavy (non-hydrogen) atoms. The summed E-state index contributed by atoms with van der Waals surface area (Å²) in [6, 6.07) is -2.53. The number of ether oxygens (including phenoxy) is 1. The minimum absolute atomic E-state index is 0.0774. The van der Waals surface area contributed by atoms with Crippen molar-refractivity contribution in [3.63, 3.8) is 0 Å². The Balaban J connectivity index is 2.86. The lowest BCUT2D eigenvalue weighted by atomic mass is 9.97. The van der Waals surface area contributed by atoms with Crippen LogP contribution in [-0.4, -0.2) is 55.5 Å². The van der Waals surface area contributed by atoms with Gasteiger partial charge in [0.15, 0.2) is 0 Å². The zero-order chi connectivity index (χ0) is 21.4. The van der Waals surface area contributed by atoms with Gasteiger partial charge in [-0.3, -0.25) is 14.4 Å². The summed E-state index contributed by atoms with van der Waals surface area (Å²) in [6.07, 6.45) is 1.13. The lowest BCUT2D eigenvalue weighted by molar-refractivity contribution is -0.146. The fraction of sp³-hybridized carbons (Fsp3) is 0.789. The maximum absolute atomic E-state index is 12.8. The molecule has 0 aromatic rings. The van der Waals surface area contributed by atoms with Gasteiger partial charge in [0.1, 0.15) is 12.1 Å². The van der Waals surface area contributed by atoms with Crippen molar-refractivity contribution in [3.05, 3.63) is 0 Å². The van der Waals surface area contributed by atoms with Gasteiger partial charge in [0.2, 0.25) is 17.7 Å². The van der Waals surface area contributed by atoms with Crippen LogP contribution in [0.15, 0.2) is 0 Å². The summed E-state index contributed by atoms with van der Waals surface area (Å²) in [7, 11) is 1.23. The molecule has 0 unspecified atom stereocenters. The van der Waals surface area contributed by atoms with Crippen molar-refractivity contribution in [1.29, 1.82) is 0 Å². The molecule has 1 heterocycles. The molecule has 0 spiro atoms. The van der Waals surface area contributed by atoms with Crippen LogP contribution in [0.5, 0.6) is 0 Å². The molecule has 1 aliphatic rings. The summed E-state index contributed by atoms with van der Waals surface area (Å²) < 4.78 is 4.78. The Bertz CT molecular complexity index is 579. The van der Waals surface area contributed by atoms with Crippen molar-refractivity contribution < 1.29 is 23.9 Å². The predicted molar refractivity (Wildman–Crippen MR) is 104 cm³/mol. The molecular weight excluding hydrogens is 364 g/mol. The molecule has 1 saturated heterocycles. The van der Waals surface area contributed by atoms with E-state index in [1.807, 2.05) is 27.7 Å². The van der Waals surface area contributed by atoms with Gasteiger partial charge in [0.25, 0.3) is 0 Å². The molecule has 0 bridgehead atoms. The number of carbonyl (C=O) groups excluding carboxylic acids is 4. The summed E-state index contributed by atoms with van der Waals surface area (Å²) >= 11 is 0. The number of carbonyl (C=O) groups is 4. The van der Waals surface area contributed by atoms with Crippen LogP contribution in [0.4, 0.5) is 0 Å². The first-order valence-corrected chi connectivity index (χ1v) is 9.78. The van der Waals surface area contributed by atoms with E-state index in [9.17, 15) is 19.2 Å². The van der Waals surface area contributed by atoms with Gasteiger partial charge in [-0.2, -0.15) is 0 Å². The van der Waals surface area contributed by atoms with Crippen molar-refractivity contribution in [2.75, 3.05) is 13.7 Å². The predicted octanol–water partition coefficient (Wildman–Crippen LogP) is -0.315. The summed E-state index contributed by atoms with van der Waals surface area (Å²) in [5, 5.41) is 8.04. The second-order valence-corrected chi connectivity index (χ2v) is 8.06. The van der Waals surface area contributed by atoms with Gasteiger partial charge in [-0.15, -0.1) is 0 Å². The van der Waals surface area contributed by atoms with Gasteiger partial charge in [-0.05, 0) is 31.1 Å². The Morgan fingerprint density at radius 3 is 2.21 bits per heavy atom. The number of hydrogen-bond donors (Lipinski definition) is 4. The first-order valence-electron chi connectivity index (χ1n) is 9.78. The quantitative estimate of drug-likeness (QED) is 0.372. The van der Waals surface area contributed by atoms with E-state index in [-0.39, 0.29) is 30.1 Å². The molecule has 0 saturated carbocycles. The number of rotatable bonds is 10. The Morgan fingerprint density at radius 2 is 1.75 bits per heavy atom. The topological polar surface area (TPSA) is 140 Å². The fourth-order valence-electron chi connectivity index (χ4n) is 3.06. The van der Waals surface area contributed by atoms with Crippen LogP contribution in [0, 0.1) is 17.8 Å². The first kappa shape index (κ1) is 23.9. The highest BCUT2D eigenvalue weighted by Gasteiger charge is 2.34. The van der Waals surface area contributed by atoms with E-state index in [0.717, 1.165) is 0 Å². The van der Waals surface area contributed by atoms with Crippen LogP contribution < -0.4 is 21.7 Å². The average molecular weight is 399 g/mol. The Kier molecular flexibility index (Phi) is 9.37. The Hall–Kier alpha value is -2.16. The van der Waals surface area contributed by atoms with Crippen molar-refractivity contribution >= 4 is 23.7 Å². The number of esters is 1. The van der Waals surface area contributed by atoms with Crippen molar-refractivity contribution in [1.82, 2.24) is 16.0 Å². The molecule has 0 aromatic heterocycles. The van der Waals surface area contributed by atoms with Crippen molar-refractivity contribution in [2.45, 2.75) is 65.1 Å². The molecule has 3 amide bonds. The molecular formula is C19H34N4O5. The lowest BCUT2D eigenvalue weighted by Gasteiger charge is -2.26. The van der Waals surface area contributed by atoms with Crippen LogP contribution >= 0.6 is 0 Å². The highest BCUT2D eigenvalue weighted by atomic mass is 16.5. The minimum Gasteiger partial charge on any atom is -0.467 e. The van der Waals surface area contributed by atoms with Crippen LogP contribution in [0.2, 0.25) is 0 Å². The monoisotopic (exact) mass is 398 g/mol. The number of hydrogen-bond acceptors (Lipinski definition) is 6. The molecule has 9 heteroatoms. The largest absolute Gasteiger partial charge is 0.467 e. The van der Waals surface area contributed by atoms with Gasteiger partial charge in [-0.1, -0.05) is 27.7 Å². The number of amides is 3. The Morgan fingerprint density at radius 1 is 1.14 bits per heavy atom. The molecule has 1 fully saturated rings. The van der Waals surface area contributed by atoms with Crippen molar-refractivity contribution in [3.8, 4) is 0 Å². The smallest absolute Gasteiger partial charge is 0.328 e. The van der Waals surface area contributed by atoms with E-state index in [4.69, 9.17) is 10.5 Å². The second-order valence-electron chi connectivity index (χ2n) is 8.06. The molecule has 1 rings (SSSR count). The Labute approximate surface area is 166 Å². The third kappa shape index (κ3) is 7.10. The highest BCUT2D eigenvalue weighted by Crippen LogP contribution is 2.17. The number of methoxy groups -OCH3 is 1. The maximum atomic E-state index is 12.8. The van der Waals surface area contributed by atoms with E-state index in [2.05, 4.69) is 16.0 Å². The maximum Gasteiger partial charge on any atom is 0.328 e. The van der Waals surface area contributed by atoms with E-state index in [1.165, 1.54) is 7.11 Å². The molecule has 9 nitrogen and oxygen atoms in total. The van der Waals surface area contributed by atoms with Gasteiger partial charge in [0.05, 0.1) is 13.2 Å². The van der Waals surface area contributed by atoms with Gasteiger partial charge >= 0.3 is 5.97 Å². The van der Waals surface area contributed by atoms with E-state index in [0.29, 0.717) is 19.4 Å². The standard InChI is InChI=1S/C19H34N4O5/c1-10(2)8-13(22-18(26)15(20)11(3)4)17(25)23-14(19(27)28-5)9-12-6-7-21-16(12)24/h10-15H,6-9,20H2,1-5H3,(H,21,24)(H,22,26)(H,23,25)/t12-,13-,14-,15-/m0/s1. The summed E-state index contributed by atoms with van der Waals surface area (Å²) in [4.78, 5) is 49.1. The third-order valence-corrected chi connectivity index (χ3v) is 4.85. The minimum atomic E-state index is -0.961. The van der Waals surface area contributed by atoms with Crippen LogP contribution in [0.1, 0.15) is 47.0 Å². The zero-order valence-electron chi connectivity index (χ0n) is 17.4. The van der Waals surface area contributed by atoms with E-state index in [1.54, 1.807) is 0 Å². The molecule has 160 valence electrons. The SMILES string of the molecule is COC(=O)[C@H](C[C@@H]1CCNC1=O)NC(=O)[C@H](CC(C)C)NC(=O)[C@@H](N)C(C)C. The number of nitrogens with one attached hydrogen (secondary N) is 3. The average Bonchev–Trinajstić information content (AvgIpc) is 3.03. The zero-order valence-corrected chi connectivity index (χ0v) is 17.4. The molecule has 5 N–H and O–H groups in total. The summed E-state index contributed by atoms with van der Waals surface area (Å²) in [6.45, 7) is 8.04. The summed E-state index contributed by atoms with van der Waals surface area (Å²) in [5.74, 6) is -1.99. The lowest BCUT2D eigenvalue weighted by Crippen LogP contribution is -2.56. The molecule has 0 aliphatic carbocycles. The van der Waals surface area contributed by atoms with E-state index >= 15 is 0 Å². The molecule has 1 aliphatic heterocycles.